The average Bonchev–Trinajstić information content (AvgIpc) is 2.91. The van der Waals surface area contributed by atoms with Crippen LogP contribution in [0.4, 0.5) is 10.1 Å². The van der Waals surface area contributed by atoms with Crippen LogP contribution in [-0.2, 0) is 14.6 Å². The summed E-state index contributed by atoms with van der Waals surface area (Å²) in [5.74, 6) is -1.34. The van der Waals surface area contributed by atoms with Gasteiger partial charge in [0.25, 0.3) is 5.91 Å². The first-order valence-electron chi connectivity index (χ1n) is 6.90. The molecule has 1 aromatic carbocycles. The molecule has 2 saturated heterocycles. The molecule has 0 saturated carbocycles. The van der Waals surface area contributed by atoms with E-state index in [0.29, 0.717) is 4.47 Å². The number of amidine groups is 1. The molecule has 2 unspecified atom stereocenters. The maximum absolute atomic E-state index is 14.4. The third kappa shape index (κ3) is 3.34. The number of amides is 1. The maximum atomic E-state index is 14.4. The molecule has 2 atom stereocenters. The lowest BCUT2D eigenvalue weighted by atomic mass is 10.2. The fourth-order valence-electron chi connectivity index (χ4n) is 2.74. The summed E-state index contributed by atoms with van der Waals surface area (Å²) in [5.41, 5.74) is 0.166. The van der Waals surface area contributed by atoms with E-state index in [2.05, 4.69) is 20.9 Å². The monoisotopic (exact) mass is 431 g/mol. The average molecular weight is 432 g/mol. The Balaban J connectivity index is 2.05. The molecule has 0 bridgehead atoms. The van der Waals surface area contributed by atoms with Crippen LogP contribution in [0.5, 0.6) is 0 Å². The van der Waals surface area contributed by atoms with E-state index >= 15 is 0 Å². The van der Waals surface area contributed by atoms with E-state index in [-0.39, 0.29) is 34.0 Å². The fraction of sp³-hybridized carbons (Fsp3) is 0.357. The number of hydrogen-bond donors (Lipinski definition) is 0. The van der Waals surface area contributed by atoms with Crippen LogP contribution >= 0.6 is 27.7 Å². The first kappa shape index (κ1) is 17.4. The van der Waals surface area contributed by atoms with Crippen molar-refractivity contribution in [3.05, 3.63) is 28.5 Å². The number of nitrogens with zero attached hydrogens (tertiary/aromatic N) is 3. The second-order valence-corrected chi connectivity index (χ2v) is 9.67. The number of carbonyl (C=O) groups excluding carboxylic acids is 1. The third-order valence-electron chi connectivity index (χ3n) is 3.69. The lowest BCUT2D eigenvalue weighted by Crippen LogP contribution is -2.38. The molecule has 2 fully saturated rings. The normalized spacial score (nSPS) is 26.4. The van der Waals surface area contributed by atoms with E-state index in [1.807, 2.05) is 0 Å². The molecule has 24 heavy (non-hydrogen) atoms. The van der Waals surface area contributed by atoms with Crippen LogP contribution in [0.25, 0.3) is 0 Å². The predicted molar refractivity (Wildman–Crippen MR) is 93.1 cm³/mol. The quantitative estimate of drug-likeness (QED) is 0.711. The molecular formula is C14H11BrFN3O3S2. The summed E-state index contributed by atoms with van der Waals surface area (Å²) in [6, 6.07) is 5.65. The Labute approximate surface area is 150 Å². The van der Waals surface area contributed by atoms with Gasteiger partial charge in [-0.15, -0.1) is 0 Å². The molecule has 0 N–H and O–H groups in total. The van der Waals surface area contributed by atoms with Gasteiger partial charge in [0.2, 0.25) is 0 Å². The number of thioether (sulfide) groups is 1. The van der Waals surface area contributed by atoms with Gasteiger partial charge >= 0.3 is 0 Å². The van der Waals surface area contributed by atoms with Crippen molar-refractivity contribution in [3.63, 3.8) is 0 Å². The van der Waals surface area contributed by atoms with Crippen LogP contribution in [0.15, 0.2) is 27.7 Å². The molecule has 2 heterocycles. The standard InChI is InChI=1S/C14H11BrFN3O3S2/c15-8-1-2-10(9(16)5-8)19-11-6-24(21,22)7-12(11)23-14(19)18-13(20)3-4-17/h1-2,5,11-12H,3,6-7H2. The van der Waals surface area contributed by atoms with Crippen molar-refractivity contribution < 1.29 is 17.6 Å². The van der Waals surface area contributed by atoms with Gasteiger partial charge in [0, 0.05) is 9.72 Å². The molecule has 6 nitrogen and oxygen atoms in total. The third-order valence-corrected chi connectivity index (χ3v) is 7.39. The van der Waals surface area contributed by atoms with Crippen molar-refractivity contribution in [2.45, 2.75) is 17.7 Å². The molecular weight excluding hydrogens is 421 g/mol. The highest BCUT2D eigenvalue weighted by atomic mass is 79.9. The zero-order chi connectivity index (χ0) is 17.5. The van der Waals surface area contributed by atoms with Gasteiger partial charge in [-0.05, 0) is 18.2 Å². The van der Waals surface area contributed by atoms with Gasteiger partial charge in [-0.2, -0.15) is 10.3 Å². The van der Waals surface area contributed by atoms with E-state index in [1.165, 1.54) is 17.0 Å². The largest absolute Gasteiger partial charge is 0.313 e. The van der Waals surface area contributed by atoms with Crippen LogP contribution in [0.1, 0.15) is 6.42 Å². The zero-order valence-electron chi connectivity index (χ0n) is 12.1. The molecule has 2 aliphatic rings. The number of sulfone groups is 1. The predicted octanol–water partition coefficient (Wildman–Crippen LogP) is 2.10. The van der Waals surface area contributed by atoms with Crippen molar-refractivity contribution >= 4 is 54.3 Å². The van der Waals surface area contributed by atoms with Gasteiger partial charge in [-0.3, -0.25) is 4.79 Å². The van der Waals surface area contributed by atoms with E-state index in [1.54, 1.807) is 12.1 Å². The Morgan fingerprint density at radius 3 is 2.92 bits per heavy atom. The number of hydrogen-bond acceptors (Lipinski definition) is 5. The molecule has 1 aromatic rings. The highest BCUT2D eigenvalue weighted by molar-refractivity contribution is 9.10. The smallest absolute Gasteiger partial charge is 0.262 e. The van der Waals surface area contributed by atoms with Gasteiger partial charge in [0.05, 0.1) is 29.3 Å². The summed E-state index contributed by atoms with van der Waals surface area (Å²) in [7, 11) is -3.22. The number of halogens is 2. The van der Waals surface area contributed by atoms with Crippen molar-refractivity contribution in [2.75, 3.05) is 16.4 Å². The van der Waals surface area contributed by atoms with Crippen LogP contribution in [0, 0.1) is 17.1 Å². The molecule has 0 aliphatic carbocycles. The number of rotatable bonds is 2. The van der Waals surface area contributed by atoms with Gasteiger partial charge in [0.1, 0.15) is 12.2 Å². The molecule has 0 radical (unpaired) electrons. The number of fused-ring (bicyclic) bond motifs is 1. The number of benzene rings is 1. The van der Waals surface area contributed by atoms with E-state index < -0.39 is 27.6 Å². The lowest BCUT2D eigenvalue weighted by Gasteiger charge is -2.25. The fourth-order valence-corrected chi connectivity index (χ4v) is 6.99. The van der Waals surface area contributed by atoms with Crippen LogP contribution < -0.4 is 4.90 Å². The Morgan fingerprint density at radius 2 is 2.25 bits per heavy atom. The van der Waals surface area contributed by atoms with E-state index in [0.717, 1.165) is 11.8 Å². The number of nitriles is 1. The Morgan fingerprint density at radius 1 is 1.50 bits per heavy atom. The first-order chi connectivity index (χ1) is 11.3. The second-order valence-electron chi connectivity index (χ2n) is 5.39. The summed E-state index contributed by atoms with van der Waals surface area (Å²) in [4.78, 5) is 17.0. The van der Waals surface area contributed by atoms with E-state index in [4.69, 9.17) is 5.26 Å². The molecule has 0 aromatic heterocycles. The highest BCUT2D eigenvalue weighted by Gasteiger charge is 2.49. The number of aliphatic imine (C=N–C) groups is 1. The Kier molecular flexibility index (Phi) is 4.68. The van der Waals surface area contributed by atoms with Crippen molar-refractivity contribution in [1.82, 2.24) is 0 Å². The molecule has 1 amide bonds. The van der Waals surface area contributed by atoms with Crippen molar-refractivity contribution in [3.8, 4) is 6.07 Å². The van der Waals surface area contributed by atoms with Crippen LogP contribution in [0.3, 0.4) is 0 Å². The number of carbonyl (C=O) groups is 1. The van der Waals surface area contributed by atoms with Gasteiger partial charge in [-0.1, -0.05) is 27.7 Å². The molecule has 126 valence electrons. The minimum atomic E-state index is -3.22. The molecule has 0 spiro atoms. The molecule has 2 aliphatic heterocycles. The summed E-state index contributed by atoms with van der Waals surface area (Å²) in [6.07, 6.45) is -0.381. The minimum absolute atomic E-state index is 0.0392. The Hall–Kier alpha value is -1.44. The topological polar surface area (TPSA) is 90.6 Å². The lowest BCUT2D eigenvalue weighted by molar-refractivity contribution is -0.116. The summed E-state index contributed by atoms with van der Waals surface area (Å²) < 4.78 is 38.7. The number of anilines is 1. The molecule has 10 heteroatoms. The Bertz CT molecular complexity index is 882. The second kappa shape index (κ2) is 6.46. The van der Waals surface area contributed by atoms with Gasteiger partial charge in [0.15, 0.2) is 15.0 Å². The minimum Gasteiger partial charge on any atom is -0.313 e. The molecule has 3 rings (SSSR count). The van der Waals surface area contributed by atoms with E-state index in [9.17, 15) is 17.6 Å². The van der Waals surface area contributed by atoms with Crippen LogP contribution in [0.2, 0.25) is 0 Å². The van der Waals surface area contributed by atoms with Crippen molar-refractivity contribution in [2.24, 2.45) is 4.99 Å². The first-order valence-corrected chi connectivity index (χ1v) is 10.4. The van der Waals surface area contributed by atoms with Crippen molar-refractivity contribution in [1.29, 1.82) is 5.26 Å². The van der Waals surface area contributed by atoms with Gasteiger partial charge in [-0.25, -0.2) is 12.8 Å². The zero-order valence-corrected chi connectivity index (χ0v) is 15.4. The van der Waals surface area contributed by atoms with Gasteiger partial charge < -0.3 is 4.90 Å². The maximum Gasteiger partial charge on any atom is 0.262 e. The SMILES string of the molecule is N#CCC(=O)N=C1SC2CS(=O)(=O)CC2N1c1ccc(Br)cc1F. The highest BCUT2D eigenvalue weighted by Crippen LogP contribution is 2.42. The van der Waals surface area contributed by atoms with Crippen LogP contribution in [-0.4, -0.2) is 42.3 Å². The summed E-state index contributed by atoms with van der Waals surface area (Å²) in [5, 5.41) is 8.52. The summed E-state index contributed by atoms with van der Waals surface area (Å²) >= 11 is 4.32. The summed E-state index contributed by atoms with van der Waals surface area (Å²) in [6.45, 7) is 0.